The first-order chi connectivity index (χ1) is 6.69. The van der Waals surface area contributed by atoms with E-state index in [-0.39, 0.29) is 0 Å². The molecule has 0 spiro atoms. The van der Waals surface area contributed by atoms with E-state index >= 15 is 0 Å². The molecule has 0 aromatic heterocycles. The Labute approximate surface area is 84.5 Å². The van der Waals surface area contributed by atoms with E-state index in [1.807, 2.05) is 31.3 Å². The van der Waals surface area contributed by atoms with E-state index in [0.717, 1.165) is 17.8 Å². The third kappa shape index (κ3) is 2.45. The van der Waals surface area contributed by atoms with Crippen LogP contribution in [0.2, 0.25) is 0 Å². The van der Waals surface area contributed by atoms with Crippen LogP contribution in [0.1, 0.15) is 18.5 Å². The van der Waals surface area contributed by atoms with Crippen molar-refractivity contribution in [3.63, 3.8) is 0 Å². The molecule has 0 aliphatic rings. The lowest BCUT2D eigenvalue weighted by Crippen LogP contribution is -2.16. The van der Waals surface area contributed by atoms with E-state index in [9.17, 15) is 4.39 Å². The Bertz CT molecular complexity index is 242. The van der Waals surface area contributed by atoms with E-state index in [1.54, 1.807) is 0 Å². The molecule has 1 atom stereocenters. The minimum atomic E-state index is -0.511. The number of benzene rings is 1. The molecule has 1 aromatic rings. The average molecular weight is 196 g/mol. The van der Waals surface area contributed by atoms with Crippen LogP contribution in [0.5, 0.6) is 0 Å². The maximum Gasteiger partial charge on any atom is 0.109 e. The third-order valence-electron chi connectivity index (χ3n) is 2.40. The van der Waals surface area contributed by atoms with Gasteiger partial charge in [0.1, 0.15) is 6.67 Å². The maximum absolute atomic E-state index is 12.3. The molecule has 3 heteroatoms. The monoisotopic (exact) mass is 196 g/mol. The fourth-order valence-corrected chi connectivity index (χ4v) is 1.25. The third-order valence-corrected chi connectivity index (χ3v) is 2.40. The topological polar surface area (TPSA) is 29.3 Å². The highest BCUT2D eigenvalue weighted by molar-refractivity contribution is 5.47. The molecule has 2 N–H and O–H groups in total. The molecule has 0 fully saturated rings. The predicted molar refractivity (Wildman–Crippen MR) is 58.3 cm³/mol. The summed E-state index contributed by atoms with van der Waals surface area (Å²) in [5.41, 5.74) is 7.54. The van der Waals surface area contributed by atoms with E-state index in [1.165, 1.54) is 0 Å². The quantitative estimate of drug-likeness (QED) is 0.799. The number of alkyl halides is 1. The predicted octanol–water partition coefficient (Wildman–Crippen LogP) is 2.11. The lowest BCUT2D eigenvalue weighted by molar-refractivity contribution is 0.437. The van der Waals surface area contributed by atoms with Crippen molar-refractivity contribution in [2.45, 2.75) is 13.0 Å². The van der Waals surface area contributed by atoms with Crippen LogP contribution in [0.3, 0.4) is 0 Å². The fourth-order valence-electron chi connectivity index (χ4n) is 1.25. The molecule has 0 saturated carbocycles. The van der Waals surface area contributed by atoms with Crippen LogP contribution >= 0.6 is 0 Å². The minimum Gasteiger partial charge on any atom is -0.375 e. The normalized spacial score (nSPS) is 12.6. The van der Waals surface area contributed by atoms with Crippen molar-refractivity contribution >= 4 is 5.69 Å². The molecular weight excluding hydrogens is 179 g/mol. The first kappa shape index (κ1) is 11.0. The van der Waals surface area contributed by atoms with Crippen molar-refractivity contribution < 1.29 is 4.39 Å². The second-order valence-electron chi connectivity index (χ2n) is 3.37. The molecular formula is C11H17FN2. The standard InChI is InChI=1S/C11H17FN2/c1-3-14(2)10-6-4-9(5-7-10)11(13)8-12/h4-7,11H,3,8,13H2,1-2H3. The van der Waals surface area contributed by atoms with Crippen LogP contribution in [0.15, 0.2) is 24.3 Å². The van der Waals surface area contributed by atoms with Gasteiger partial charge in [-0.15, -0.1) is 0 Å². The van der Waals surface area contributed by atoms with Gasteiger partial charge in [-0.1, -0.05) is 12.1 Å². The Morgan fingerprint density at radius 3 is 2.36 bits per heavy atom. The summed E-state index contributed by atoms with van der Waals surface area (Å²) in [6.45, 7) is 2.53. The van der Waals surface area contributed by atoms with Gasteiger partial charge in [-0.3, -0.25) is 0 Å². The Kier molecular flexibility index (Phi) is 3.89. The highest BCUT2D eigenvalue weighted by atomic mass is 19.1. The molecule has 0 aliphatic carbocycles. The first-order valence-corrected chi connectivity index (χ1v) is 4.81. The number of hydrogen-bond donors (Lipinski definition) is 1. The smallest absolute Gasteiger partial charge is 0.109 e. The highest BCUT2D eigenvalue weighted by Crippen LogP contribution is 2.17. The van der Waals surface area contributed by atoms with Crippen LogP contribution in [0, 0.1) is 0 Å². The minimum absolute atomic E-state index is 0.490. The lowest BCUT2D eigenvalue weighted by atomic mass is 10.1. The Morgan fingerprint density at radius 2 is 1.93 bits per heavy atom. The van der Waals surface area contributed by atoms with Crippen molar-refractivity contribution in [1.29, 1.82) is 0 Å². The number of rotatable bonds is 4. The molecule has 1 unspecified atom stereocenters. The van der Waals surface area contributed by atoms with Gasteiger partial charge in [0.15, 0.2) is 0 Å². The van der Waals surface area contributed by atoms with Gasteiger partial charge in [0.2, 0.25) is 0 Å². The molecule has 0 heterocycles. The number of anilines is 1. The molecule has 2 nitrogen and oxygen atoms in total. The summed E-state index contributed by atoms with van der Waals surface area (Å²) in [5.74, 6) is 0. The second kappa shape index (κ2) is 4.96. The van der Waals surface area contributed by atoms with Crippen molar-refractivity contribution in [2.75, 3.05) is 25.2 Å². The molecule has 0 radical (unpaired) electrons. The van der Waals surface area contributed by atoms with Gasteiger partial charge in [-0.25, -0.2) is 4.39 Å². The lowest BCUT2D eigenvalue weighted by Gasteiger charge is -2.17. The van der Waals surface area contributed by atoms with Gasteiger partial charge in [0.05, 0.1) is 6.04 Å². The summed E-state index contributed by atoms with van der Waals surface area (Å²) in [4.78, 5) is 2.12. The van der Waals surface area contributed by atoms with E-state index in [0.29, 0.717) is 0 Å². The van der Waals surface area contributed by atoms with Crippen molar-refractivity contribution in [1.82, 2.24) is 0 Å². The largest absolute Gasteiger partial charge is 0.375 e. The van der Waals surface area contributed by atoms with Gasteiger partial charge in [-0.05, 0) is 24.6 Å². The summed E-state index contributed by atoms with van der Waals surface area (Å²) >= 11 is 0. The molecule has 0 bridgehead atoms. The van der Waals surface area contributed by atoms with Crippen LogP contribution in [0.25, 0.3) is 0 Å². The van der Waals surface area contributed by atoms with E-state index < -0.39 is 12.7 Å². The summed E-state index contributed by atoms with van der Waals surface area (Å²) in [5, 5.41) is 0. The fraction of sp³-hybridized carbons (Fsp3) is 0.455. The second-order valence-corrected chi connectivity index (χ2v) is 3.37. The van der Waals surface area contributed by atoms with Gasteiger partial charge < -0.3 is 10.6 Å². The highest BCUT2D eigenvalue weighted by Gasteiger charge is 2.05. The maximum atomic E-state index is 12.3. The van der Waals surface area contributed by atoms with Gasteiger partial charge in [-0.2, -0.15) is 0 Å². The molecule has 14 heavy (non-hydrogen) atoms. The van der Waals surface area contributed by atoms with Crippen LogP contribution in [-0.4, -0.2) is 20.3 Å². The van der Waals surface area contributed by atoms with E-state index in [2.05, 4.69) is 11.8 Å². The molecule has 0 saturated heterocycles. The zero-order valence-electron chi connectivity index (χ0n) is 8.70. The number of nitrogens with two attached hydrogens (primary N) is 1. The zero-order valence-corrected chi connectivity index (χ0v) is 8.70. The van der Waals surface area contributed by atoms with Crippen LogP contribution in [0.4, 0.5) is 10.1 Å². The SMILES string of the molecule is CCN(C)c1ccc(C(N)CF)cc1. The number of hydrogen-bond acceptors (Lipinski definition) is 2. The van der Waals surface area contributed by atoms with Gasteiger partial charge >= 0.3 is 0 Å². The molecule has 0 amide bonds. The Hall–Kier alpha value is -1.09. The molecule has 1 rings (SSSR count). The number of halogens is 1. The van der Waals surface area contributed by atoms with E-state index in [4.69, 9.17) is 5.73 Å². The van der Waals surface area contributed by atoms with Crippen LogP contribution in [-0.2, 0) is 0 Å². The molecule has 0 aliphatic heterocycles. The Morgan fingerprint density at radius 1 is 1.36 bits per heavy atom. The summed E-state index contributed by atoms with van der Waals surface area (Å²) in [6, 6.07) is 7.20. The summed E-state index contributed by atoms with van der Waals surface area (Å²) < 4.78 is 12.3. The summed E-state index contributed by atoms with van der Waals surface area (Å²) in [6.07, 6.45) is 0. The van der Waals surface area contributed by atoms with Crippen molar-refractivity contribution in [3.8, 4) is 0 Å². The number of nitrogens with zero attached hydrogens (tertiary/aromatic N) is 1. The van der Waals surface area contributed by atoms with Crippen LogP contribution < -0.4 is 10.6 Å². The first-order valence-electron chi connectivity index (χ1n) is 4.81. The average Bonchev–Trinajstić information content (AvgIpc) is 2.27. The summed E-state index contributed by atoms with van der Waals surface area (Å²) in [7, 11) is 2.02. The zero-order chi connectivity index (χ0) is 10.6. The molecule has 1 aromatic carbocycles. The Balaban J connectivity index is 2.78. The van der Waals surface area contributed by atoms with Crippen molar-refractivity contribution in [3.05, 3.63) is 29.8 Å². The van der Waals surface area contributed by atoms with Gasteiger partial charge in [0, 0.05) is 19.3 Å². The van der Waals surface area contributed by atoms with Crippen molar-refractivity contribution in [2.24, 2.45) is 5.73 Å². The van der Waals surface area contributed by atoms with Gasteiger partial charge in [0.25, 0.3) is 0 Å². The molecule has 78 valence electrons.